The van der Waals surface area contributed by atoms with Gasteiger partial charge in [0.25, 0.3) is 0 Å². The molecule has 3 rings (SSSR count). The summed E-state index contributed by atoms with van der Waals surface area (Å²) in [6.07, 6.45) is 6.12. The van der Waals surface area contributed by atoms with E-state index in [-0.39, 0.29) is 0 Å². The molecular weight excluding hydrogens is 178 g/mol. The van der Waals surface area contributed by atoms with E-state index in [0.29, 0.717) is 12.0 Å². The third-order valence-electron chi connectivity index (χ3n) is 3.01. The quantitative estimate of drug-likeness (QED) is 0.777. The van der Waals surface area contributed by atoms with Gasteiger partial charge in [-0.05, 0) is 32.2 Å². The summed E-state index contributed by atoms with van der Waals surface area (Å²) in [7, 11) is 0. The third kappa shape index (κ3) is 1.54. The van der Waals surface area contributed by atoms with E-state index in [2.05, 4.69) is 15.5 Å². The summed E-state index contributed by atoms with van der Waals surface area (Å²) in [4.78, 5) is 4.46. The molecule has 2 fully saturated rings. The number of aromatic nitrogens is 2. The predicted octanol–water partition coefficient (Wildman–Crippen LogP) is 1.76. The lowest BCUT2D eigenvalue weighted by atomic mass is 10.1. The first-order chi connectivity index (χ1) is 6.93. The Hall–Kier alpha value is -0.900. The summed E-state index contributed by atoms with van der Waals surface area (Å²) in [6, 6.07) is 0.309. The molecule has 76 valence electrons. The molecule has 4 heteroatoms. The van der Waals surface area contributed by atoms with Crippen molar-refractivity contribution in [3.05, 3.63) is 11.7 Å². The molecule has 1 atom stereocenters. The van der Waals surface area contributed by atoms with E-state index in [1.54, 1.807) is 0 Å². The molecule has 2 aliphatic rings. The molecule has 1 unspecified atom stereocenters. The molecule has 1 aromatic heterocycles. The Bertz CT molecular complexity index is 313. The van der Waals surface area contributed by atoms with Gasteiger partial charge >= 0.3 is 0 Å². The van der Waals surface area contributed by atoms with Gasteiger partial charge < -0.3 is 9.84 Å². The molecule has 1 saturated heterocycles. The number of piperidine rings is 1. The van der Waals surface area contributed by atoms with Crippen molar-refractivity contribution in [1.82, 2.24) is 15.5 Å². The highest BCUT2D eigenvalue weighted by atomic mass is 16.5. The molecule has 1 aliphatic heterocycles. The molecule has 1 N–H and O–H groups in total. The predicted molar refractivity (Wildman–Crippen MR) is 50.9 cm³/mol. The van der Waals surface area contributed by atoms with Gasteiger partial charge in [0.1, 0.15) is 0 Å². The van der Waals surface area contributed by atoms with Crippen LogP contribution >= 0.6 is 0 Å². The van der Waals surface area contributed by atoms with Crippen molar-refractivity contribution in [1.29, 1.82) is 0 Å². The van der Waals surface area contributed by atoms with Crippen LogP contribution < -0.4 is 5.32 Å². The van der Waals surface area contributed by atoms with E-state index in [9.17, 15) is 0 Å². The largest absolute Gasteiger partial charge is 0.338 e. The maximum atomic E-state index is 5.28. The van der Waals surface area contributed by atoms with E-state index < -0.39 is 0 Å². The lowest BCUT2D eigenvalue weighted by Gasteiger charge is -2.19. The zero-order chi connectivity index (χ0) is 9.38. The molecule has 1 saturated carbocycles. The Kier molecular flexibility index (Phi) is 2.01. The SMILES string of the molecule is C1CCC(c2nc(C3CC3)no2)NC1. The first-order valence-corrected chi connectivity index (χ1v) is 5.50. The molecular formula is C10H15N3O. The topological polar surface area (TPSA) is 51.0 Å². The van der Waals surface area contributed by atoms with Crippen molar-refractivity contribution in [3.8, 4) is 0 Å². The summed E-state index contributed by atoms with van der Waals surface area (Å²) in [5.41, 5.74) is 0. The van der Waals surface area contributed by atoms with E-state index in [1.807, 2.05) is 0 Å². The van der Waals surface area contributed by atoms with Crippen molar-refractivity contribution in [2.45, 2.75) is 44.1 Å². The second-order valence-corrected chi connectivity index (χ2v) is 4.27. The van der Waals surface area contributed by atoms with Gasteiger partial charge in [-0.25, -0.2) is 0 Å². The fourth-order valence-corrected chi connectivity index (χ4v) is 1.96. The summed E-state index contributed by atoms with van der Waals surface area (Å²) in [5, 5.41) is 7.44. The Labute approximate surface area is 83.1 Å². The maximum absolute atomic E-state index is 5.28. The smallest absolute Gasteiger partial charge is 0.243 e. The second kappa shape index (κ2) is 3.35. The molecule has 0 bridgehead atoms. The fraction of sp³-hybridized carbons (Fsp3) is 0.800. The summed E-state index contributed by atoms with van der Waals surface area (Å²) in [5.74, 6) is 2.31. The van der Waals surface area contributed by atoms with Gasteiger partial charge in [-0.2, -0.15) is 4.98 Å². The van der Waals surface area contributed by atoms with Gasteiger partial charge in [0, 0.05) is 5.92 Å². The number of hydrogen-bond donors (Lipinski definition) is 1. The Morgan fingerprint density at radius 1 is 1.21 bits per heavy atom. The van der Waals surface area contributed by atoms with Crippen LogP contribution in [0.2, 0.25) is 0 Å². The van der Waals surface area contributed by atoms with Gasteiger partial charge in [-0.1, -0.05) is 11.6 Å². The van der Waals surface area contributed by atoms with Crippen LogP contribution in [0.1, 0.15) is 55.8 Å². The van der Waals surface area contributed by atoms with Gasteiger partial charge in [-0.3, -0.25) is 0 Å². The standard InChI is InChI=1S/C10H15N3O/c1-2-6-11-8(3-1)10-12-9(13-14-10)7-4-5-7/h7-8,11H,1-6H2. The maximum Gasteiger partial charge on any atom is 0.243 e. The van der Waals surface area contributed by atoms with Crippen LogP contribution in [0.4, 0.5) is 0 Å². The molecule has 1 aliphatic carbocycles. The van der Waals surface area contributed by atoms with Gasteiger partial charge in [0.15, 0.2) is 5.82 Å². The highest BCUT2D eigenvalue weighted by Crippen LogP contribution is 2.38. The zero-order valence-corrected chi connectivity index (χ0v) is 8.20. The molecule has 0 radical (unpaired) electrons. The zero-order valence-electron chi connectivity index (χ0n) is 8.20. The van der Waals surface area contributed by atoms with E-state index in [1.165, 1.54) is 25.7 Å². The molecule has 4 nitrogen and oxygen atoms in total. The number of nitrogens with one attached hydrogen (secondary N) is 1. The van der Waals surface area contributed by atoms with Crippen molar-refractivity contribution in [2.24, 2.45) is 0 Å². The normalized spacial score (nSPS) is 27.9. The number of hydrogen-bond acceptors (Lipinski definition) is 4. The van der Waals surface area contributed by atoms with Gasteiger partial charge in [-0.15, -0.1) is 0 Å². The minimum atomic E-state index is 0.309. The van der Waals surface area contributed by atoms with Gasteiger partial charge in [0.2, 0.25) is 5.89 Å². The van der Waals surface area contributed by atoms with E-state index >= 15 is 0 Å². The Morgan fingerprint density at radius 2 is 2.14 bits per heavy atom. The van der Waals surface area contributed by atoms with Crippen molar-refractivity contribution in [3.63, 3.8) is 0 Å². The van der Waals surface area contributed by atoms with Crippen LogP contribution in [0.15, 0.2) is 4.52 Å². The first-order valence-electron chi connectivity index (χ1n) is 5.50. The summed E-state index contributed by atoms with van der Waals surface area (Å²) < 4.78 is 5.28. The molecule has 2 heterocycles. The summed E-state index contributed by atoms with van der Waals surface area (Å²) >= 11 is 0. The first kappa shape index (κ1) is 8.41. The third-order valence-corrected chi connectivity index (χ3v) is 3.01. The lowest BCUT2D eigenvalue weighted by Crippen LogP contribution is -2.26. The highest BCUT2D eigenvalue weighted by Gasteiger charge is 2.30. The average Bonchev–Trinajstić information content (AvgIpc) is 2.98. The van der Waals surface area contributed by atoms with Crippen LogP contribution in [0.3, 0.4) is 0 Å². The van der Waals surface area contributed by atoms with E-state index in [0.717, 1.165) is 24.7 Å². The molecule has 1 aromatic rings. The van der Waals surface area contributed by atoms with Crippen molar-refractivity contribution < 1.29 is 4.52 Å². The minimum Gasteiger partial charge on any atom is -0.338 e. The van der Waals surface area contributed by atoms with Crippen molar-refractivity contribution in [2.75, 3.05) is 6.54 Å². The van der Waals surface area contributed by atoms with Crippen LogP contribution in [0.5, 0.6) is 0 Å². The Morgan fingerprint density at radius 3 is 2.86 bits per heavy atom. The molecule has 0 aromatic carbocycles. The molecule has 0 amide bonds. The van der Waals surface area contributed by atoms with Crippen LogP contribution in [-0.2, 0) is 0 Å². The van der Waals surface area contributed by atoms with Crippen LogP contribution in [-0.4, -0.2) is 16.7 Å². The number of rotatable bonds is 2. The van der Waals surface area contributed by atoms with Gasteiger partial charge in [0.05, 0.1) is 6.04 Å². The minimum absolute atomic E-state index is 0.309. The lowest BCUT2D eigenvalue weighted by molar-refractivity contribution is 0.296. The average molecular weight is 193 g/mol. The number of nitrogens with zero attached hydrogens (tertiary/aromatic N) is 2. The van der Waals surface area contributed by atoms with Crippen LogP contribution in [0.25, 0.3) is 0 Å². The van der Waals surface area contributed by atoms with Crippen LogP contribution in [0, 0.1) is 0 Å². The highest BCUT2D eigenvalue weighted by molar-refractivity contribution is 5.05. The summed E-state index contributed by atoms with van der Waals surface area (Å²) in [6.45, 7) is 1.08. The fourth-order valence-electron chi connectivity index (χ4n) is 1.96. The van der Waals surface area contributed by atoms with Crippen molar-refractivity contribution >= 4 is 0 Å². The monoisotopic (exact) mass is 193 g/mol. The Balaban J connectivity index is 1.74. The second-order valence-electron chi connectivity index (χ2n) is 4.27. The molecule has 14 heavy (non-hydrogen) atoms. The molecule has 0 spiro atoms. The van der Waals surface area contributed by atoms with E-state index in [4.69, 9.17) is 4.52 Å².